The normalized spacial score (nSPS) is 17.6. The van der Waals surface area contributed by atoms with Gasteiger partial charge in [-0.05, 0) is 31.0 Å². The Labute approximate surface area is 118 Å². The second-order valence-electron chi connectivity index (χ2n) is 5.14. The Morgan fingerprint density at radius 2 is 1.79 bits per heavy atom. The highest BCUT2D eigenvalue weighted by molar-refractivity contribution is 6.33. The van der Waals surface area contributed by atoms with Crippen LogP contribution in [-0.2, 0) is 0 Å². The highest BCUT2D eigenvalue weighted by atomic mass is 35.5. The van der Waals surface area contributed by atoms with E-state index in [-0.39, 0.29) is 17.0 Å². The smallest absolute Gasteiger partial charge is 0.253 e. The number of halogens is 2. The first-order chi connectivity index (χ1) is 9.16. The standard InChI is InChI=1S/C15H19ClFNO/c16-14-10-11(17)8-9-13(14)15(19)18-12-6-4-2-1-3-5-7-12/h8-10,12H,1-7H2,(H,18,19). The number of carbonyl (C=O) groups is 1. The summed E-state index contributed by atoms with van der Waals surface area (Å²) < 4.78 is 13.0. The molecule has 0 saturated heterocycles. The third-order valence-electron chi connectivity index (χ3n) is 3.62. The predicted octanol–water partition coefficient (Wildman–Crippen LogP) is 4.32. The van der Waals surface area contributed by atoms with Gasteiger partial charge in [-0.1, -0.05) is 43.7 Å². The molecule has 0 aliphatic heterocycles. The Bertz CT molecular complexity index is 442. The molecule has 1 aliphatic carbocycles. The van der Waals surface area contributed by atoms with E-state index in [9.17, 15) is 9.18 Å². The first-order valence-electron chi connectivity index (χ1n) is 6.93. The molecule has 4 heteroatoms. The molecule has 0 aromatic heterocycles. The molecule has 1 saturated carbocycles. The van der Waals surface area contributed by atoms with Crippen molar-refractivity contribution in [2.75, 3.05) is 0 Å². The van der Waals surface area contributed by atoms with Gasteiger partial charge in [0.1, 0.15) is 5.82 Å². The molecule has 0 atom stereocenters. The van der Waals surface area contributed by atoms with Gasteiger partial charge in [-0.3, -0.25) is 4.79 Å². The summed E-state index contributed by atoms with van der Waals surface area (Å²) in [6.07, 6.45) is 8.12. The first-order valence-corrected chi connectivity index (χ1v) is 7.30. The monoisotopic (exact) mass is 283 g/mol. The van der Waals surface area contributed by atoms with Crippen LogP contribution >= 0.6 is 11.6 Å². The number of benzene rings is 1. The lowest BCUT2D eigenvalue weighted by Crippen LogP contribution is -2.35. The van der Waals surface area contributed by atoms with Gasteiger partial charge in [0.2, 0.25) is 0 Å². The Kier molecular flexibility index (Phi) is 5.20. The molecule has 104 valence electrons. The summed E-state index contributed by atoms with van der Waals surface area (Å²) in [6, 6.07) is 4.10. The minimum atomic E-state index is -0.424. The number of hydrogen-bond donors (Lipinski definition) is 1. The zero-order chi connectivity index (χ0) is 13.7. The van der Waals surface area contributed by atoms with E-state index in [1.165, 1.54) is 37.5 Å². The molecular formula is C15H19ClFNO. The van der Waals surface area contributed by atoms with Crippen LogP contribution in [0.4, 0.5) is 4.39 Å². The van der Waals surface area contributed by atoms with Crippen molar-refractivity contribution >= 4 is 17.5 Å². The van der Waals surface area contributed by atoms with E-state index in [4.69, 9.17) is 11.6 Å². The third-order valence-corrected chi connectivity index (χ3v) is 3.93. The Hall–Kier alpha value is -1.09. The van der Waals surface area contributed by atoms with E-state index >= 15 is 0 Å². The topological polar surface area (TPSA) is 29.1 Å². The van der Waals surface area contributed by atoms with Crippen LogP contribution in [0.1, 0.15) is 55.3 Å². The van der Waals surface area contributed by atoms with Crippen molar-refractivity contribution in [3.05, 3.63) is 34.6 Å². The predicted molar refractivity (Wildman–Crippen MR) is 75.0 cm³/mol. The zero-order valence-corrected chi connectivity index (χ0v) is 11.7. The number of carbonyl (C=O) groups excluding carboxylic acids is 1. The van der Waals surface area contributed by atoms with Crippen molar-refractivity contribution in [2.24, 2.45) is 0 Å². The summed E-state index contributed by atoms with van der Waals surface area (Å²) in [6.45, 7) is 0. The lowest BCUT2D eigenvalue weighted by Gasteiger charge is -2.21. The fourth-order valence-electron chi connectivity index (χ4n) is 2.54. The first kappa shape index (κ1) is 14.3. The van der Waals surface area contributed by atoms with Crippen molar-refractivity contribution in [1.82, 2.24) is 5.32 Å². The number of rotatable bonds is 2. The number of nitrogens with one attached hydrogen (secondary N) is 1. The molecular weight excluding hydrogens is 265 g/mol. The van der Waals surface area contributed by atoms with Crippen molar-refractivity contribution in [1.29, 1.82) is 0 Å². The fraction of sp³-hybridized carbons (Fsp3) is 0.533. The van der Waals surface area contributed by atoms with Crippen LogP contribution < -0.4 is 5.32 Å². The van der Waals surface area contributed by atoms with E-state index < -0.39 is 5.82 Å². The van der Waals surface area contributed by atoms with Crippen LogP contribution in [0.25, 0.3) is 0 Å². The third kappa shape index (κ3) is 4.20. The summed E-state index contributed by atoms with van der Waals surface area (Å²) in [5.41, 5.74) is 0.352. The number of amides is 1. The van der Waals surface area contributed by atoms with Crippen molar-refractivity contribution in [2.45, 2.75) is 51.0 Å². The second kappa shape index (κ2) is 6.90. The molecule has 1 amide bonds. The van der Waals surface area contributed by atoms with Gasteiger partial charge in [-0.25, -0.2) is 4.39 Å². The quantitative estimate of drug-likeness (QED) is 0.860. The van der Waals surface area contributed by atoms with Crippen LogP contribution in [0.3, 0.4) is 0 Å². The van der Waals surface area contributed by atoms with Gasteiger partial charge in [0, 0.05) is 6.04 Å². The molecule has 1 N–H and O–H groups in total. The Morgan fingerprint density at radius 1 is 1.16 bits per heavy atom. The Morgan fingerprint density at radius 3 is 2.42 bits per heavy atom. The SMILES string of the molecule is O=C(NC1CCCCCCC1)c1ccc(F)cc1Cl. The minimum Gasteiger partial charge on any atom is -0.349 e. The Balaban J connectivity index is 1.99. The van der Waals surface area contributed by atoms with E-state index in [2.05, 4.69) is 5.32 Å². The van der Waals surface area contributed by atoms with Crippen LogP contribution in [-0.4, -0.2) is 11.9 Å². The van der Waals surface area contributed by atoms with Crippen LogP contribution in [0.5, 0.6) is 0 Å². The maximum absolute atomic E-state index is 13.0. The van der Waals surface area contributed by atoms with Gasteiger partial charge in [-0.15, -0.1) is 0 Å². The van der Waals surface area contributed by atoms with Crippen LogP contribution in [0.2, 0.25) is 5.02 Å². The van der Waals surface area contributed by atoms with E-state index in [0.717, 1.165) is 25.7 Å². The molecule has 1 aromatic carbocycles. The van der Waals surface area contributed by atoms with Gasteiger partial charge in [0.15, 0.2) is 0 Å². The lowest BCUT2D eigenvalue weighted by atomic mass is 9.96. The summed E-state index contributed by atoms with van der Waals surface area (Å²) >= 11 is 5.90. The van der Waals surface area contributed by atoms with Gasteiger partial charge in [0.05, 0.1) is 10.6 Å². The van der Waals surface area contributed by atoms with Crippen molar-refractivity contribution in [3.63, 3.8) is 0 Å². The maximum Gasteiger partial charge on any atom is 0.253 e. The second-order valence-corrected chi connectivity index (χ2v) is 5.55. The molecule has 2 rings (SSSR count). The molecule has 1 fully saturated rings. The molecule has 2 nitrogen and oxygen atoms in total. The molecule has 1 aromatic rings. The average molecular weight is 284 g/mol. The summed E-state index contributed by atoms with van der Waals surface area (Å²) in [7, 11) is 0. The number of hydrogen-bond acceptors (Lipinski definition) is 1. The van der Waals surface area contributed by atoms with E-state index in [0.29, 0.717) is 5.56 Å². The largest absolute Gasteiger partial charge is 0.349 e. The van der Waals surface area contributed by atoms with Gasteiger partial charge in [-0.2, -0.15) is 0 Å². The maximum atomic E-state index is 13.0. The fourth-order valence-corrected chi connectivity index (χ4v) is 2.79. The van der Waals surface area contributed by atoms with Crippen LogP contribution in [0.15, 0.2) is 18.2 Å². The van der Waals surface area contributed by atoms with Crippen molar-refractivity contribution < 1.29 is 9.18 Å². The highest BCUT2D eigenvalue weighted by Crippen LogP contribution is 2.20. The molecule has 0 bridgehead atoms. The zero-order valence-electron chi connectivity index (χ0n) is 10.9. The summed E-state index contributed by atoms with van der Waals surface area (Å²) in [5, 5.41) is 3.19. The molecule has 0 radical (unpaired) electrons. The van der Waals surface area contributed by atoms with Crippen LogP contribution in [0, 0.1) is 5.82 Å². The molecule has 0 spiro atoms. The van der Waals surface area contributed by atoms with Gasteiger partial charge < -0.3 is 5.32 Å². The molecule has 0 heterocycles. The molecule has 1 aliphatic rings. The van der Waals surface area contributed by atoms with Gasteiger partial charge >= 0.3 is 0 Å². The highest BCUT2D eigenvalue weighted by Gasteiger charge is 2.17. The summed E-state index contributed by atoms with van der Waals surface area (Å²) in [5.74, 6) is -0.622. The van der Waals surface area contributed by atoms with E-state index in [1.807, 2.05) is 0 Å². The molecule has 19 heavy (non-hydrogen) atoms. The lowest BCUT2D eigenvalue weighted by molar-refractivity contribution is 0.0930. The van der Waals surface area contributed by atoms with E-state index in [1.54, 1.807) is 0 Å². The average Bonchev–Trinajstić information content (AvgIpc) is 2.32. The van der Waals surface area contributed by atoms with Crippen molar-refractivity contribution in [3.8, 4) is 0 Å². The summed E-state index contributed by atoms with van der Waals surface area (Å²) in [4.78, 5) is 12.1. The minimum absolute atomic E-state index is 0.170. The van der Waals surface area contributed by atoms with Gasteiger partial charge in [0.25, 0.3) is 5.91 Å². The molecule has 0 unspecified atom stereocenters.